The molecule has 6 heteroatoms. The second kappa shape index (κ2) is 7.39. The van der Waals surface area contributed by atoms with Gasteiger partial charge in [-0.25, -0.2) is 14.3 Å². The summed E-state index contributed by atoms with van der Waals surface area (Å²) in [6.07, 6.45) is 0.687. The van der Waals surface area contributed by atoms with Gasteiger partial charge in [0.05, 0.1) is 12.1 Å². The van der Waals surface area contributed by atoms with Crippen LogP contribution in [0.4, 0.5) is 0 Å². The van der Waals surface area contributed by atoms with Crippen LogP contribution in [0.5, 0.6) is 0 Å². The SMILES string of the molecule is CCc1nn(CC)c(=O)n1Cc1ccc(-c2ccccc2C(=O)O)cc1. The van der Waals surface area contributed by atoms with Crippen LogP contribution in [0, 0.1) is 0 Å². The van der Waals surface area contributed by atoms with Crippen molar-refractivity contribution < 1.29 is 9.90 Å². The molecule has 0 saturated carbocycles. The standard InChI is InChI=1S/C20H21N3O3/c1-3-18-21-23(4-2)20(26)22(18)13-14-9-11-15(12-10-14)16-7-5-6-8-17(16)19(24)25/h5-12H,3-4,13H2,1-2H3,(H,24,25). The lowest BCUT2D eigenvalue weighted by atomic mass is 9.99. The van der Waals surface area contributed by atoms with Gasteiger partial charge in [-0.3, -0.25) is 4.57 Å². The lowest BCUT2D eigenvalue weighted by Gasteiger charge is -2.08. The zero-order valence-electron chi connectivity index (χ0n) is 14.8. The summed E-state index contributed by atoms with van der Waals surface area (Å²) in [5.41, 5.74) is 2.64. The van der Waals surface area contributed by atoms with E-state index in [1.807, 2.05) is 44.2 Å². The molecule has 1 N–H and O–H groups in total. The number of rotatable bonds is 6. The molecule has 0 saturated heterocycles. The Morgan fingerprint density at radius 2 is 1.77 bits per heavy atom. The van der Waals surface area contributed by atoms with E-state index in [1.165, 1.54) is 4.68 Å². The molecular weight excluding hydrogens is 330 g/mol. The number of carboxylic acid groups (broad SMARTS) is 1. The Bertz CT molecular complexity index is 984. The molecule has 0 bridgehead atoms. The minimum atomic E-state index is -0.948. The van der Waals surface area contributed by atoms with E-state index in [2.05, 4.69) is 5.10 Å². The molecule has 1 aromatic heterocycles. The highest BCUT2D eigenvalue weighted by molar-refractivity contribution is 5.95. The minimum Gasteiger partial charge on any atom is -0.478 e. The van der Waals surface area contributed by atoms with E-state index in [-0.39, 0.29) is 11.3 Å². The number of hydrogen-bond acceptors (Lipinski definition) is 3. The summed E-state index contributed by atoms with van der Waals surface area (Å²) in [4.78, 5) is 23.8. The van der Waals surface area contributed by atoms with Gasteiger partial charge in [0.25, 0.3) is 0 Å². The second-order valence-corrected chi connectivity index (χ2v) is 6.00. The maximum absolute atomic E-state index is 12.4. The Morgan fingerprint density at radius 1 is 1.08 bits per heavy atom. The van der Waals surface area contributed by atoms with E-state index >= 15 is 0 Å². The summed E-state index contributed by atoms with van der Waals surface area (Å²) >= 11 is 0. The molecule has 0 atom stereocenters. The highest BCUT2D eigenvalue weighted by Gasteiger charge is 2.13. The van der Waals surface area contributed by atoms with Crippen molar-refractivity contribution in [2.75, 3.05) is 0 Å². The molecular formula is C20H21N3O3. The van der Waals surface area contributed by atoms with Gasteiger partial charge in [0, 0.05) is 13.0 Å². The maximum atomic E-state index is 12.4. The fourth-order valence-corrected chi connectivity index (χ4v) is 3.01. The van der Waals surface area contributed by atoms with Crippen molar-refractivity contribution in [1.82, 2.24) is 14.3 Å². The van der Waals surface area contributed by atoms with Gasteiger partial charge in [0.15, 0.2) is 0 Å². The number of carboxylic acids is 1. The molecule has 0 amide bonds. The molecule has 0 unspecified atom stereocenters. The van der Waals surface area contributed by atoms with Crippen LogP contribution in [0.1, 0.15) is 35.6 Å². The number of aromatic carboxylic acids is 1. The highest BCUT2D eigenvalue weighted by atomic mass is 16.4. The smallest absolute Gasteiger partial charge is 0.346 e. The first-order chi connectivity index (χ1) is 12.5. The third-order valence-corrected chi connectivity index (χ3v) is 4.38. The summed E-state index contributed by atoms with van der Waals surface area (Å²) in [5.74, 6) is -0.187. The summed E-state index contributed by atoms with van der Waals surface area (Å²) in [6.45, 7) is 4.86. The predicted octanol–water partition coefficient (Wildman–Crippen LogP) is 3.04. The van der Waals surface area contributed by atoms with E-state index < -0.39 is 5.97 Å². The Kier molecular flexibility index (Phi) is 5.02. The molecule has 3 aromatic rings. The fraction of sp³-hybridized carbons (Fsp3) is 0.250. The summed E-state index contributed by atoms with van der Waals surface area (Å²) in [5, 5.41) is 13.7. The van der Waals surface area contributed by atoms with Gasteiger partial charge in [-0.15, -0.1) is 0 Å². The van der Waals surface area contributed by atoms with Gasteiger partial charge in [0.2, 0.25) is 0 Å². The number of aryl methyl sites for hydroxylation is 2. The van der Waals surface area contributed by atoms with Crippen LogP contribution >= 0.6 is 0 Å². The van der Waals surface area contributed by atoms with Crippen molar-refractivity contribution in [1.29, 1.82) is 0 Å². The normalized spacial score (nSPS) is 10.8. The molecule has 0 aliphatic rings. The van der Waals surface area contributed by atoms with E-state index in [1.54, 1.807) is 22.8 Å². The summed E-state index contributed by atoms with van der Waals surface area (Å²) in [7, 11) is 0. The van der Waals surface area contributed by atoms with Crippen molar-refractivity contribution in [2.45, 2.75) is 33.4 Å². The van der Waals surface area contributed by atoms with E-state index in [9.17, 15) is 14.7 Å². The average molecular weight is 351 g/mol. The van der Waals surface area contributed by atoms with Gasteiger partial charge < -0.3 is 5.11 Å². The van der Waals surface area contributed by atoms with E-state index in [4.69, 9.17) is 0 Å². The van der Waals surface area contributed by atoms with Crippen molar-refractivity contribution >= 4 is 5.97 Å². The summed E-state index contributed by atoms with van der Waals surface area (Å²) in [6, 6.07) is 14.5. The number of benzene rings is 2. The number of hydrogen-bond donors (Lipinski definition) is 1. The molecule has 2 aromatic carbocycles. The number of nitrogens with zero attached hydrogens (tertiary/aromatic N) is 3. The maximum Gasteiger partial charge on any atom is 0.346 e. The average Bonchev–Trinajstić information content (AvgIpc) is 2.97. The quantitative estimate of drug-likeness (QED) is 0.740. The molecule has 6 nitrogen and oxygen atoms in total. The molecule has 134 valence electrons. The van der Waals surface area contributed by atoms with Gasteiger partial charge >= 0.3 is 11.7 Å². The number of aromatic nitrogens is 3. The second-order valence-electron chi connectivity index (χ2n) is 6.00. The van der Waals surface area contributed by atoms with Crippen molar-refractivity contribution in [3.05, 3.63) is 76.0 Å². The van der Waals surface area contributed by atoms with E-state index in [0.717, 1.165) is 17.0 Å². The molecule has 0 spiro atoms. The first-order valence-electron chi connectivity index (χ1n) is 8.63. The zero-order chi connectivity index (χ0) is 18.7. The third kappa shape index (κ3) is 3.31. The van der Waals surface area contributed by atoms with Gasteiger partial charge in [-0.2, -0.15) is 5.10 Å². The fourth-order valence-electron chi connectivity index (χ4n) is 3.01. The minimum absolute atomic E-state index is 0.107. The van der Waals surface area contributed by atoms with Crippen LogP contribution in [0.2, 0.25) is 0 Å². The van der Waals surface area contributed by atoms with Gasteiger partial charge in [0.1, 0.15) is 5.82 Å². The van der Waals surface area contributed by atoms with Crippen molar-refractivity contribution in [2.24, 2.45) is 0 Å². The van der Waals surface area contributed by atoms with Gasteiger partial charge in [-0.1, -0.05) is 49.4 Å². The molecule has 26 heavy (non-hydrogen) atoms. The molecule has 3 rings (SSSR count). The molecule has 0 aliphatic carbocycles. The van der Waals surface area contributed by atoms with Crippen LogP contribution in [0.25, 0.3) is 11.1 Å². The third-order valence-electron chi connectivity index (χ3n) is 4.38. The first-order valence-corrected chi connectivity index (χ1v) is 8.63. The lowest BCUT2D eigenvalue weighted by Crippen LogP contribution is -2.25. The summed E-state index contributed by atoms with van der Waals surface area (Å²) < 4.78 is 3.15. The monoisotopic (exact) mass is 351 g/mol. The highest BCUT2D eigenvalue weighted by Crippen LogP contribution is 2.24. The largest absolute Gasteiger partial charge is 0.478 e. The van der Waals surface area contributed by atoms with Crippen molar-refractivity contribution in [3.63, 3.8) is 0 Å². The topological polar surface area (TPSA) is 77.1 Å². The van der Waals surface area contributed by atoms with Crippen LogP contribution in [0.15, 0.2) is 53.3 Å². The Morgan fingerprint density at radius 3 is 2.38 bits per heavy atom. The van der Waals surface area contributed by atoms with Crippen molar-refractivity contribution in [3.8, 4) is 11.1 Å². The Balaban J connectivity index is 1.91. The zero-order valence-corrected chi connectivity index (χ0v) is 14.8. The van der Waals surface area contributed by atoms with Crippen LogP contribution in [-0.4, -0.2) is 25.4 Å². The first kappa shape index (κ1) is 17.7. The lowest BCUT2D eigenvalue weighted by molar-refractivity contribution is 0.0697. The molecule has 0 fully saturated rings. The molecule has 0 radical (unpaired) electrons. The Hall–Kier alpha value is -3.15. The predicted molar refractivity (Wildman–Crippen MR) is 99.5 cm³/mol. The molecule has 0 aliphatic heterocycles. The number of carbonyl (C=O) groups is 1. The van der Waals surface area contributed by atoms with Crippen LogP contribution < -0.4 is 5.69 Å². The van der Waals surface area contributed by atoms with Crippen LogP contribution in [-0.2, 0) is 19.5 Å². The van der Waals surface area contributed by atoms with E-state index in [0.29, 0.717) is 25.1 Å². The Labute approximate surface area is 151 Å². The van der Waals surface area contributed by atoms with Gasteiger partial charge in [-0.05, 0) is 29.7 Å². The molecule has 1 heterocycles. The van der Waals surface area contributed by atoms with Crippen LogP contribution in [0.3, 0.4) is 0 Å².